The van der Waals surface area contributed by atoms with Crippen LogP contribution in [-0.2, 0) is 0 Å². The van der Waals surface area contributed by atoms with Crippen molar-refractivity contribution >= 4 is 16.7 Å². The van der Waals surface area contributed by atoms with Crippen molar-refractivity contribution in [2.75, 3.05) is 13.1 Å². The largest absolute Gasteiger partial charge is 0.419 e. The minimum atomic E-state index is 0.0164. The summed E-state index contributed by atoms with van der Waals surface area (Å²) in [6, 6.07) is 13.5. The molecule has 0 saturated carbocycles. The molecule has 1 aliphatic rings. The highest BCUT2D eigenvalue weighted by atomic mass is 16.4. The Balaban J connectivity index is 1.31. The second-order valence-corrected chi connectivity index (χ2v) is 7.13. The van der Waals surface area contributed by atoms with E-state index < -0.39 is 0 Å². The van der Waals surface area contributed by atoms with E-state index in [-0.39, 0.29) is 11.8 Å². The molecule has 0 unspecified atom stereocenters. The summed E-state index contributed by atoms with van der Waals surface area (Å²) >= 11 is 0. The van der Waals surface area contributed by atoms with E-state index in [0.29, 0.717) is 36.1 Å². The topological polar surface area (TPSA) is 85.0 Å². The lowest BCUT2D eigenvalue weighted by molar-refractivity contribution is 0.0706. The van der Waals surface area contributed by atoms with Gasteiger partial charge in [0.2, 0.25) is 5.89 Å². The van der Waals surface area contributed by atoms with Crippen molar-refractivity contribution < 1.29 is 9.21 Å². The van der Waals surface area contributed by atoms with E-state index in [2.05, 4.69) is 20.2 Å². The van der Waals surface area contributed by atoms with Crippen LogP contribution in [0, 0.1) is 0 Å². The van der Waals surface area contributed by atoms with Crippen LogP contribution in [0.25, 0.3) is 22.4 Å². The van der Waals surface area contributed by atoms with Gasteiger partial charge in [-0.3, -0.25) is 14.8 Å². The van der Waals surface area contributed by atoms with Gasteiger partial charge in [-0.05, 0) is 36.4 Å². The summed E-state index contributed by atoms with van der Waals surface area (Å²) in [5.74, 6) is 1.21. The maximum atomic E-state index is 12.6. The van der Waals surface area contributed by atoms with E-state index in [9.17, 15) is 4.79 Å². The molecule has 0 bridgehead atoms. The van der Waals surface area contributed by atoms with Gasteiger partial charge in [0.05, 0.1) is 5.56 Å². The van der Waals surface area contributed by atoms with Gasteiger partial charge in [-0.1, -0.05) is 24.3 Å². The SMILES string of the molecule is O=C(c1cccnc1)N1CCC(c2nnc(-c3nccc4ccccc34)o2)CC1. The first-order valence-corrected chi connectivity index (χ1v) is 9.66. The Morgan fingerprint density at radius 3 is 2.69 bits per heavy atom. The second-order valence-electron chi connectivity index (χ2n) is 7.13. The van der Waals surface area contributed by atoms with Crippen LogP contribution in [0.2, 0.25) is 0 Å². The van der Waals surface area contributed by atoms with Gasteiger partial charge in [-0.15, -0.1) is 10.2 Å². The highest BCUT2D eigenvalue weighted by molar-refractivity contribution is 5.94. The van der Waals surface area contributed by atoms with Gasteiger partial charge in [0.25, 0.3) is 11.8 Å². The van der Waals surface area contributed by atoms with Crippen molar-refractivity contribution in [1.82, 2.24) is 25.1 Å². The lowest BCUT2D eigenvalue weighted by Crippen LogP contribution is -2.38. The number of hydrogen-bond donors (Lipinski definition) is 0. The molecule has 1 aliphatic heterocycles. The number of fused-ring (bicyclic) bond motifs is 1. The molecule has 7 heteroatoms. The van der Waals surface area contributed by atoms with Gasteiger partial charge in [0, 0.05) is 43.0 Å². The predicted octanol–water partition coefficient (Wildman–Crippen LogP) is 3.70. The number of aromatic nitrogens is 4. The van der Waals surface area contributed by atoms with Crippen LogP contribution in [0.5, 0.6) is 0 Å². The molecule has 1 saturated heterocycles. The zero-order valence-electron chi connectivity index (χ0n) is 15.7. The molecule has 4 aromatic rings. The summed E-state index contributed by atoms with van der Waals surface area (Å²) in [6.45, 7) is 1.31. The van der Waals surface area contributed by atoms with E-state index in [1.54, 1.807) is 30.7 Å². The molecule has 29 heavy (non-hydrogen) atoms. The van der Waals surface area contributed by atoms with Gasteiger partial charge in [0.1, 0.15) is 5.69 Å². The number of carbonyl (C=O) groups is 1. The zero-order chi connectivity index (χ0) is 19.6. The highest BCUT2D eigenvalue weighted by Crippen LogP contribution is 2.31. The molecule has 1 aromatic carbocycles. The molecule has 4 heterocycles. The van der Waals surface area contributed by atoms with E-state index in [4.69, 9.17) is 4.42 Å². The third-order valence-corrected chi connectivity index (χ3v) is 5.36. The van der Waals surface area contributed by atoms with Crippen LogP contribution in [0.15, 0.2) is 65.5 Å². The van der Waals surface area contributed by atoms with Crippen LogP contribution in [0.1, 0.15) is 35.0 Å². The van der Waals surface area contributed by atoms with Crippen LogP contribution in [0.4, 0.5) is 0 Å². The molecule has 1 amide bonds. The number of benzene rings is 1. The number of hydrogen-bond acceptors (Lipinski definition) is 6. The molecule has 1 fully saturated rings. The van der Waals surface area contributed by atoms with Crippen LogP contribution >= 0.6 is 0 Å². The van der Waals surface area contributed by atoms with Gasteiger partial charge in [0.15, 0.2) is 0 Å². The number of nitrogens with zero attached hydrogens (tertiary/aromatic N) is 5. The Kier molecular flexibility index (Phi) is 4.48. The van der Waals surface area contributed by atoms with Crippen molar-refractivity contribution in [2.24, 2.45) is 0 Å². The van der Waals surface area contributed by atoms with E-state index in [0.717, 1.165) is 23.6 Å². The first-order chi connectivity index (χ1) is 14.3. The molecular formula is C22H19N5O2. The molecule has 0 spiro atoms. The number of amides is 1. The maximum Gasteiger partial charge on any atom is 0.266 e. The highest BCUT2D eigenvalue weighted by Gasteiger charge is 2.28. The van der Waals surface area contributed by atoms with E-state index >= 15 is 0 Å². The van der Waals surface area contributed by atoms with Crippen molar-refractivity contribution in [2.45, 2.75) is 18.8 Å². The third-order valence-electron chi connectivity index (χ3n) is 5.36. The normalized spacial score (nSPS) is 15.0. The number of pyridine rings is 2. The minimum absolute atomic E-state index is 0.0164. The first-order valence-electron chi connectivity index (χ1n) is 9.66. The first kappa shape index (κ1) is 17.5. The summed E-state index contributed by atoms with van der Waals surface area (Å²) < 4.78 is 6.00. The molecule has 0 atom stereocenters. The molecule has 3 aromatic heterocycles. The molecule has 0 aliphatic carbocycles. The van der Waals surface area contributed by atoms with E-state index in [1.165, 1.54) is 0 Å². The average Bonchev–Trinajstić information content (AvgIpc) is 3.29. The van der Waals surface area contributed by atoms with Crippen LogP contribution in [-0.4, -0.2) is 44.1 Å². The molecular weight excluding hydrogens is 366 g/mol. The average molecular weight is 385 g/mol. The fourth-order valence-electron chi connectivity index (χ4n) is 3.79. The van der Waals surface area contributed by atoms with Crippen molar-refractivity contribution in [3.05, 3.63) is 72.5 Å². The van der Waals surface area contributed by atoms with Crippen LogP contribution in [0.3, 0.4) is 0 Å². The quantitative estimate of drug-likeness (QED) is 0.535. The predicted molar refractivity (Wildman–Crippen MR) is 107 cm³/mol. The van der Waals surface area contributed by atoms with Gasteiger partial charge >= 0.3 is 0 Å². The summed E-state index contributed by atoms with van der Waals surface area (Å²) in [5.41, 5.74) is 1.32. The molecule has 5 rings (SSSR count). The Hall–Kier alpha value is -3.61. The summed E-state index contributed by atoms with van der Waals surface area (Å²) in [6.07, 6.45) is 6.61. The molecule has 0 N–H and O–H groups in total. The number of carbonyl (C=O) groups excluding carboxylic acids is 1. The van der Waals surface area contributed by atoms with Gasteiger partial charge < -0.3 is 9.32 Å². The summed E-state index contributed by atoms with van der Waals surface area (Å²) in [7, 11) is 0. The standard InChI is InChI=1S/C22H19N5O2/c28-22(17-5-3-10-23-14-17)27-12-8-16(9-13-27)20-25-26-21(29-20)19-18-6-2-1-4-15(18)7-11-24-19/h1-7,10-11,14,16H,8-9,12-13H2. The monoisotopic (exact) mass is 385 g/mol. The number of rotatable bonds is 3. The minimum Gasteiger partial charge on any atom is -0.419 e. The van der Waals surface area contributed by atoms with E-state index in [1.807, 2.05) is 35.2 Å². The smallest absolute Gasteiger partial charge is 0.266 e. The Morgan fingerprint density at radius 1 is 1.00 bits per heavy atom. The maximum absolute atomic E-state index is 12.6. The lowest BCUT2D eigenvalue weighted by atomic mass is 9.96. The second kappa shape index (κ2) is 7.43. The third kappa shape index (κ3) is 3.35. The Labute approximate surface area is 167 Å². The fraction of sp³-hybridized carbons (Fsp3) is 0.227. The van der Waals surface area contributed by atoms with Gasteiger partial charge in [-0.25, -0.2) is 0 Å². The lowest BCUT2D eigenvalue weighted by Gasteiger charge is -2.30. The summed E-state index contributed by atoms with van der Waals surface area (Å²) in [4.78, 5) is 22.9. The Bertz CT molecular complexity index is 1140. The number of likely N-dealkylation sites (tertiary alicyclic amines) is 1. The zero-order valence-corrected chi connectivity index (χ0v) is 15.7. The van der Waals surface area contributed by atoms with Crippen molar-refractivity contribution in [3.8, 4) is 11.6 Å². The summed E-state index contributed by atoms with van der Waals surface area (Å²) in [5, 5.41) is 10.6. The Morgan fingerprint density at radius 2 is 1.86 bits per heavy atom. The fourth-order valence-corrected chi connectivity index (χ4v) is 3.79. The van der Waals surface area contributed by atoms with Gasteiger partial charge in [-0.2, -0.15) is 0 Å². The molecule has 144 valence electrons. The van der Waals surface area contributed by atoms with Crippen molar-refractivity contribution in [3.63, 3.8) is 0 Å². The molecule has 0 radical (unpaired) electrons. The number of piperidine rings is 1. The molecule has 7 nitrogen and oxygen atoms in total. The van der Waals surface area contributed by atoms with Crippen LogP contribution < -0.4 is 0 Å². The van der Waals surface area contributed by atoms with Crippen molar-refractivity contribution in [1.29, 1.82) is 0 Å².